The number of likely N-dealkylation sites (N-methyl/N-ethyl adjacent to an activating group) is 1. The van der Waals surface area contributed by atoms with Gasteiger partial charge in [0.25, 0.3) is 0 Å². The summed E-state index contributed by atoms with van der Waals surface area (Å²) in [4.78, 5) is 29.2. The Kier molecular flexibility index (Phi) is 6.56. The zero-order valence-electron chi connectivity index (χ0n) is 19.0. The first kappa shape index (κ1) is 23.0. The van der Waals surface area contributed by atoms with Crippen LogP contribution in [0.1, 0.15) is 25.8 Å². The highest BCUT2D eigenvalue weighted by molar-refractivity contribution is 7.92. The molecule has 0 N–H and O–H groups in total. The van der Waals surface area contributed by atoms with E-state index < -0.39 is 21.5 Å². The van der Waals surface area contributed by atoms with Crippen LogP contribution in [0.5, 0.6) is 0 Å². The van der Waals surface area contributed by atoms with E-state index in [4.69, 9.17) is 0 Å². The molecular weight excluding hydrogens is 438 g/mol. The molecule has 0 saturated heterocycles. The van der Waals surface area contributed by atoms with Crippen molar-refractivity contribution in [3.63, 3.8) is 0 Å². The van der Waals surface area contributed by atoms with E-state index in [0.717, 1.165) is 24.1 Å². The van der Waals surface area contributed by atoms with Gasteiger partial charge in [0.15, 0.2) is 9.84 Å². The van der Waals surface area contributed by atoms with Gasteiger partial charge in [-0.05, 0) is 44.4 Å². The summed E-state index contributed by atoms with van der Waals surface area (Å²) in [5, 5.41) is 0.525. The van der Waals surface area contributed by atoms with Crippen LogP contribution < -0.4 is 4.90 Å². The zero-order chi connectivity index (χ0) is 23.6. The summed E-state index contributed by atoms with van der Waals surface area (Å²) in [5.74, 6) is -1.12. The molecular formula is C25H29N3O4S. The van der Waals surface area contributed by atoms with Crippen molar-refractivity contribution in [1.82, 2.24) is 9.47 Å². The maximum Gasteiger partial charge on any atom is 0.242 e. The van der Waals surface area contributed by atoms with Crippen molar-refractivity contribution in [3.05, 3.63) is 60.3 Å². The van der Waals surface area contributed by atoms with Crippen LogP contribution in [0, 0.1) is 0 Å². The molecule has 7 nitrogen and oxygen atoms in total. The number of fused-ring (bicyclic) bond motifs is 2. The number of benzene rings is 2. The number of amides is 2. The summed E-state index contributed by atoms with van der Waals surface area (Å²) in [6.45, 7) is 5.55. The molecule has 0 bridgehead atoms. The van der Waals surface area contributed by atoms with E-state index >= 15 is 0 Å². The summed E-state index contributed by atoms with van der Waals surface area (Å²) in [5.41, 5.74) is 2.50. The van der Waals surface area contributed by atoms with Crippen molar-refractivity contribution in [2.45, 2.75) is 38.1 Å². The van der Waals surface area contributed by atoms with Gasteiger partial charge in [0.1, 0.15) is 12.3 Å². The highest BCUT2D eigenvalue weighted by atomic mass is 32.2. The number of para-hydroxylation sites is 2. The van der Waals surface area contributed by atoms with Gasteiger partial charge in [0, 0.05) is 42.4 Å². The molecule has 0 spiro atoms. The van der Waals surface area contributed by atoms with Gasteiger partial charge in [0.05, 0.1) is 4.90 Å². The van der Waals surface area contributed by atoms with E-state index in [-0.39, 0.29) is 17.3 Å². The lowest BCUT2D eigenvalue weighted by Gasteiger charge is -2.29. The molecule has 4 rings (SSSR count). The summed E-state index contributed by atoms with van der Waals surface area (Å²) in [6.07, 6.45) is 3.18. The highest BCUT2D eigenvalue weighted by Crippen LogP contribution is 2.29. The standard InChI is InChI=1S/C25H29N3O4S/c1-3-26(4-2)24(29)17-27-16-23(20-12-6-8-14-22(20)27)33(31,32)18-25(30)28-15-9-11-19-10-5-7-13-21(19)28/h5-8,10,12-14,16H,3-4,9,11,15,17-18H2,1-2H3. The lowest BCUT2D eigenvalue weighted by molar-refractivity contribution is -0.131. The molecule has 33 heavy (non-hydrogen) atoms. The van der Waals surface area contributed by atoms with Crippen molar-refractivity contribution in [1.29, 1.82) is 0 Å². The number of aryl methyl sites for hydroxylation is 1. The van der Waals surface area contributed by atoms with E-state index in [0.29, 0.717) is 30.5 Å². The Bertz CT molecular complexity index is 1290. The molecule has 0 aliphatic carbocycles. The molecule has 0 radical (unpaired) electrons. The van der Waals surface area contributed by atoms with E-state index in [1.165, 1.54) is 6.20 Å². The fourth-order valence-electron chi connectivity index (χ4n) is 4.52. The predicted octanol–water partition coefficient (Wildman–Crippen LogP) is 3.26. The Morgan fingerprint density at radius 3 is 2.45 bits per heavy atom. The number of aromatic nitrogens is 1. The Labute approximate surface area is 194 Å². The maximum absolute atomic E-state index is 13.4. The second-order valence-electron chi connectivity index (χ2n) is 8.24. The minimum atomic E-state index is -3.92. The van der Waals surface area contributed by atoms with Crippen LogP contribution in [0.2, 0.25) is 0 Å². The number of rotatable bonds is 7. The molecule has 1 aliphatic heterocycles. The Morgan fingerprint density at radius 1 is 1.00 bits per heavy atom. The predicted molar refractivity (Wildman–Crippen MR) is 129 cm³/mol. The monoisotopic (exact) mass is 467 g/mol. The van der Waals surface area contributed by atoms with Gasteiger partial charge >= 0.3 is 0 Å². The van der Waals surface area contributed by atoms with Crippen LogP contribution in [0.4, 0.5) is 5.69 Å². The number of nitrogens with zero attached hydrogens (tertiary/aromatic N) is 3. The number of carbonyl (C=O) groups is 2. The largest absolute Gasteiger partial charge is 0.342 e. The minimum absolute atomic E-state index is 0.0468. The summed E-state index contributed by atoms with van der Waals surface area (Å²) in [7, 11) is -3.92. The first-order valence-corrected chi connectivity index (χ1v) is 13.0. The van der Waals surface area contributed by atoms with Gasteiger partial charge in [-0.15, -0.1) is 0 Å². The summed E-state index contributed by atoms with van der Waals surface area (Å²) in [6, 6.07) is 14.7. The smallest absolute Gasteiger partial charge is 0.242 e. The SMILES string of the molecule is CCN(CC)C(=O)Cn1cc(S(=O)(=O)CC(=O)N2CCCc3ccccc32)c2ccccc21. The van der Waals surface area contributed by atoms with Gasteiger partial charge in [-0.2, -0.15) is 0 Å². The van der Waals surface area contributed by atoms with Crippen LogP contribution in [-0.2, 0) is 32.4 Å². The molecule has 174 valence electrons. The molecule has 0 fully saturated rings. The van der Waals surface area contributed by atoms with Crippen molar-refractivity contribution < 1.29 is 18.0 Å². The highest BCUT2D eigenvalue weighted by Gasteiger charge is 2.30. The van der Waals surface area contributed by atoms with Gasteiger partial charge in [-0.1, -0.05) is 36.4 Å². The lowest BCUT2D eigenvalue weighted by Crippen LogP contribution is -2.39. The van der Waals surface area contributed by atoms with Crippen LogP contribution in [0.15, 0.2) is 59.6 Å². The summed E-state index contributed by atoms with van der Waals surface area (Å²) >= 11 is 0. The molecule has 8 heteroatoms. The van der Waals surface area contributed by atoms with Gasteiger partial charge in [-0.25, -0.2) is 8.42 Å². The Morgan fingerprint density at radius 2 is 1.70 bits per heavy atom. The van der Waals surface area contributed by atoms with Crippen molar-refractivity contribution in [2.24, 2.45) is 0 Å². The van der Waals surface area contributed by atoms with Crippen LogP contribution in [0.3, 0.4) is 0 Å². The van der Waals surface area contributed by atoms with E-state index in [9.17, 15) is 18.0 Å². The number of hydrogen-bond donors (Lipinski definition) is 0. The summed E-state index contributed by atoms with van der Waals surface area (Å²) < 4.78 is 28.5. The van der Waals surface area contributed by atoms with Crippen molar-refractivity contribution >= 4 is 38.2 Å². The third kappa shape index (κ3) is 4.53. The third-order valence-corrected chi connectivity index (χ3v) is 7.86. The molecule has 0 saturated carbocycles. The number of sulfone groups is 1. The fourth-order valence-corrected chi connectivity index (χ4v) is 5.96. The average Bonchev–Trinajstić information content (AvgIpc) is 3.18. The molecule has 0 atom stereocenters. The van der Waals surface area contributed by atoms with E-state index in [2.05, 4.69) is 0 Å². The first-order chi connectivity index (χ1) is 15.9. The van der Waals surface area contributed by atoms with Crippen LogP contribution >= 0.6 is 0 Å². The van der Waals surface area contributed by atoms with Crippen molar-refractivity contribution in [3.8, 4) is 0 Å². The first-order valence-electron chi connectivity index (χ1n) is 11.3. The lowest BCUT2D eigenvalue weighted by atomic mass is 10.0. The number of hydrogen-bond acceptors (Lipinski definition) is 4. The van der Waals surface area contributed by atoms with Crippen LogP contribution in [0.25, 0.3) is 10.9 Å². The number of anilines is 1. The van der Waals surface area contributed by atoms with Crippen LogP contribution in [-0.4, -0.2) is 55.1 Å². The van der Waals surface area contributed by atoms with Gasteiger partial charge in [0.2, 0.25) is 11.8 Å². The minimum Gasteiger partial charge on any atom is -0.342 e. The van der Waals surface area contributed by atoms with E-state index in [1.807, 2.05) is 44.2 Å². The molecule has 1 aliphatic rings. The molecule has 1 aromatic heterocycles. The second kappa shape index (κ2) is 9.39. The normalized spacial score (nSPS) is 13.7. The third-order valence-electron chi connectivity index (χ3n) is 6.23. The Hall–Kier alpha value is -3.13. The molecule has 2 heterocycles. The average molecular weight is 468 g/mol. The molecule has 3 aromatic rings. The zero-order valence-corrected chi connectivity index (χ0v) is 19.8. The van der Waals surface area contributed by atoms with E-state index in [1.54, 1.807) is 32.6 Å². The van der Waals surface area contributed by atoms with Gasteiger partial charge < -0.3 is 14.4 Å². The second-order valence-corrected chi connectivity index (χ2v) is 10.2. The molecule has 0 unspecified atom stereocenters. The quantitative estimate of drug-likeness (QED) is 0.534. The topological polar surface area (TPSA) is 79.7 Å². The fraction of sp³-hybridized carbons (Fsp3) is 0.360. The maximum atomic E-state index is 13.4. The number of carbonyl (C=O) groups excluding carboxylic acids is 2. The van der Waals surface area contributed by atoms with Gasteiger partial charge in [-0.3, -0.25) is 9.59 Å². The van der Waals surface area contributed by atoms with Crippen molar-refractivity contribution in [2.75, 3.05) is 30.3 Å². The molecule has 2 aromatic carbocycles. The molecule has 2 amide bonds. The Balaban J connectivity index is 1.65.